The molecular weight excluding hydrogens is 442 g/mol. The number of ketones is 1. The Morgan fingerprint density at radius 1 is 1.09 bits per heavy atom. The molecule has 0 heterocycles. The maximum Gasteiger partial charge on any atom is 0.327 e. The number of nitrogens with zero attached hydrogens (tertiary/aromatic N) is 1. The topological polar surface area (TPSA) is 96.3 Å². The van der Waals surface area contributed by atoms with Gasteiger partial charge in [0.1, 0.15) is 17.2 Å². The molecule has 1 amide bonds. The summed E-state index contributed by atoms with van der Waals surface area (Å²) in [6.45, 7) is 8.34. The van der Waals surface area contributed by atoms with Crippen molar-refractivity contribution in [2.45, 2.75) is 46.1 Å². The highest BCUT2D eigenvalue weighted by Crippen LogP contribution is 2.74. The number of nitrogens with one attached hydrogen (secondary N) is 1. The number of amides is 1. The van der Waals surface area contributed by atoms with Crippen LogP contribution in [0, 0.1) is 33.8 Å². The molecule has 0 radical (unpaired) electrons. The number of carbonyl (C=O) groups excluding carboxylic acids is 3. The van der Waals surface area contributed by atoms with Crippen LogP contribution in [-0.4, -0.2) is 29.8 Å². The molecule has 0 saturated heterocycles. The van der Waals surface area contributed by atoms with Crippen LogP contribution in [0.5, 0.6) is 0 Å². The van der Waals surface area contributed by atoms with Gasteiger partial charge in [0.05, 0.1) is 18.2 Å². The average molecular weight is 469 g/mol. The minimum absolute atomic E-state index is 0.163. The maximum absolute atomic E-state index is 13.9. The Bertz CT molecular complexity index is 1180. The molecule has 0 aliphatic heterocycles. The van der Waals surface area contributed by atoms with Gasteiger partial charge in [-0.2, -0.15) is 5.26 Å². The van der Waals surface area contributed by atoms with E-state index in [2.05, 4.69) is 11.4 Å². The van der Waals surface area contributed by atoms with Gasteiger partial charge in [0.25, 0.3) is 5.91 Å². The van der Waals surface area contributed by atoms with Gasteiger partial charge in [0.15, 0.2) is 11.2 Å². The maximum atomic E-state index is 13.9. The first-order valence-electron chi connectivity index (χ1n) is 10.8. The molecule has 1 N–H and O–H groups in total. The van der Waals surface area contributed by atoms with Crippen molar-refractivity contribution in [3.8, 4) is 6.07 Å². The molecule has 2 aromatic carbocycles. The number of nitriles is 1. The van der Waals surface area contributed by atoms with E-state index in [0.29, 0.717) is 5.56 Å². The smallest absolute Gasteiger partial charge is 0.327 e. The van der Waals surface area contributed by atoms with Gasteiger partial charge in [-0.25, -0.2) is 8.78 Å². The van der Waals surface area contributed by atoms with Crippen LogP contribution in [0.15, 0.2) is 42.5 Å². The lowest BCUT2D eigenvalue weighted by Gasteiger charge is -2.25. The fourth-order valence-corrected chi connectivity index (χ4v) is 4.62. The predicted octanol–water partition coefficient (Wildman–Crippen LogP) is 4.55. The molecule has 1 saturated carbocycles. The molecule has 1 unspecified atom stereocenters. The van der Waals surface area contributed by atoms with E-state index in [-0.39, 0.29) is 12.2 Å². The minimum atomic E-state index is -1.46. The molecule has 0 aromatic heterocycles. The fourth-order valence-electron chi connectivity index (χ4n) is 4.62. The van der Waals surface area contributed by atoms with Crippen molar-refractivity contribution in [2.75, 3.05) is 6.61 Å². The summed E-state index contributed by atoms with van der Waals surface area (Å²) < 4.78 is 33.0. The molecule has 178 valence electrons. The zero-order valence-electron chi connectivity index (χ0n) is 19.7. The molecular formula is C26H26F2N2O4. The second kappa shape index (κ2) is 8.64. The Morgan fingerprint density at radius 2 is 1.65 bits per heavy atom. The Balaban J connectivity index is 1.82. The van der Waals surface area contributed by atoms with Crippen LogP contribution in [0.2, 0.25) is 0 Å². The summed E-state index contributed by atoms with van der Waals surface area (Å²) in [5, 5.41) is 12.2. The average Bonchev–Trinajstić information content (AvgIpc) is 3.29. The van der Waals surface area contributed by atoms with E-state index in [0.717, 1.165) is 18.2 Å². The molecule has 1 aliphatic rings. The van der Waals surface area contributed by atoms with Gasteiger partial charge in [0, 0.05) is 16.9 Å². The molecule has 6 nitrogen and oxygen atoms in total. The molecule has 1 aliphatic carbocycles. The predicted molar refractivity (Wildman–Crippen MR) is 120 cm³/mol. The standard InChI is InChI=1S/C26H26F2N2O4/c1-6-34-23(33)26(14-29)20(24(26,2)3)15-10-12-16(13-11-15)21(31)25(4,5)30-22(32)19-17(27)8-7-9-18(19)28/h7-13,20H,6H2,1-5H3,(H,30,32)/t20?,26-/m1/s1. The normalized spacial score (nSPS) is 20.7. The first kappa shape index (κ1) is 25.0. The number of hydrogen-bond acceptors (Lipinski definition) is 5. The van der Waals surface area contributed by atoms with Crippen molar-refractivity contribution in [1.82, 2.24) is 5.32 Å². The zero-order valence-corrected chi connectivity index (χ0v) is 19.7. The van der Waals surface area contributed by atoms with Crippen LogP contribution in [0.1, 0.15) is 66.8 Å². The number of Topliss-reactive ketones (excluding diaryl/α,β-unsaturated/α-hetero) is 1. The van der Waals surface area contributed by atoms with Crippen molar-refractivity contribution in [3.63, 3.8) is 0 Å². The summed E-state index contributed by atoms with van der Waals surface area (Å²) >= 11 is 0. The van der Waals surface area contributed by atoms with E-state index in [1.54, 1.807) is 19.1 Å². The number of halogens is 2. The zero-order chi connectivity index (χ0) is 25.5. The van der Waals surface area contributed by atoms with E-state index >= 15 is 0 Å². The minimum Gasteiger partial charge on any atom is -0.465 e. The largest absolute Gasteiger partial charge is 0.465 e. The van der Waals surface area contributed by atoms with E-state index in [1.165, 1.54) is 26.0 Å². The Labute approximate surface area is 196 Å². The lowest BCUT2D eigenvalue weighted by Crippen LogP contribution is -2.50. The first-order valence-corrected chi connectivity index (χ1v) is 10.8. The van der Waals surface area contributed by atoms with Gasteiger partial charge in [-0.3, -0.25) is 14.4 Å². The van der Waals surface area contributed by atoms with E-state index in [9.17, 15) is 28.4 Å². The summed E-state index contributed by atoms with van der Waals surface area (Å²) in [5.41, 5.74) is -3.25. The Morgan fingerprint density at radius 3 is 2.15 bits per heavy atom. The molecule has 8 heteroatoms. The number of hydrogen-bond donors (Lipinski definition) is 1. The number of carbonyl (C=O) groups is 3. The Hall–Kier alpha value is -3.60. The summed E-state index contributed by atoms with van der Waals surface area (Å²) in [6.07, 6.45) is 0. The molecule has 34 heavy (non-hydrogen) atoms. The van der Waals surface area contributed by atoms with Gasteiger partial charge in [-0.05, 0) is 38.5 Å². The van der Waals surface area contributed by atoms with Crippen molar-refractivity contribution in [2.24, 2.45) is 10.8 Å². The molecule has 3 rings (SSSR count). The van der Waals surface area contributed by atoms with Crippen LogP contribution in [0.25, 0.3) is 0 Å². The van der Waals surface area contributed by atoms with Crippen LogP contribution in [0.4, 0.5) is 8.78 Å². The molecule has 0 spiro atoms. The van der Waals surface area contributed by atoms with Gasteiger partial charge in [0.2, 0.25) is 0 Å². The SMILES string of the molecule is CCOC(=O)[C@@]1(C#N)C(c2ccc(C(=O)C(C)(C)NC(=O)c3c(F)cccc3F)cc2)C1(C)C. The highest BCUT2D eigenvalue weighted by atomic mass is 19.1. The third-order valence-corrected chi connectivity index (χ3v) is 6.55. The molecule has 1 fully saturated rings. The summed E-state index contributed by atoms with van der Waals surface area (Å²) in [7, 11) is 0. The number of rotatable bonds is 7. The molecule has 2 aromatic rings. The lowest BCUT2D eigenvalue weighted by molar-refractivity contribution is -0.148. The van der Waals surface area contributed by atoms with E-state index in [4.69, 9.17) is 4.74 Å². The van der Waals surface area contributed by atoms with Gasteiger partial charge >= 0.3 is 5.97 Å². The monoisotopic (exact) mass is 468 g/mol. The molecule has 2 atom stereocenters. The highest BCUT2D eigenvalue weighted by Gasteiger charge is 2.78. The highest BCUT2D eigenvalue weighted by molar-refractivity contribution is 6.06. The van der Waals surface area contributed by atoms with Crippen molar-refractivity contribution >= 4 is 17.7 Å². The van der Waals surface area contributed by atoms with Crippen molar-refractivity contribution < 1.29 is 27.9 Å². The van der Waals surface area contributed by atoms with Crippen LogP contribution >= 0.6 is 0 Å². The van der Waals surface area contributed by atoms with Crippen molar-refractivity contribution in [1.29, 1.82) is 5.26 Å². The second-order valence-corrected chi connectivity index (χ2v) is 9.42. The van der Waals surface area contributed by atoms with Gasteiger partial charge in [-0.1, -0.05) is 44.2 Å². The van der Waals surface area contributed by atoms with Crippen molar-refractivity contribution in [3.05, 3.63) is 70.8 Å². The third kappa shape index (κ3) is 3.85. The fraction of sp³-hybridized carbons (Fsp3) is 0.385. The Kier molecular flexibility index (Phi) is 6.36. The number of benzene rings is 2. The van der Waals surface area contributed by atoms with Gasteiger partial charge < -0.3 is 10.1 Å². The first-order chi connectivity index (χ1) is 15.8. The van der Waals surface area contributed by atoms with Gasteiger partial charge in [-0.15, -0.1) is 0 Å². The van der Waals surface area contributed by atoms with Crippen LogP contribution in [-0.2, 0) is 9.53 Å². The molecule has 0 bridgehead atoms. The summed E-state index contributed by atoms with van der Waals surface area (Å²) in [5.74, 6) is -4.56. The van der Waals surface area contributed by atoms with Crippen LogP contribution < -0.4 is 5.32 Å². The quantitative estimate of drug-likeness (QED) is 0.475. The third-order valence-electron chi connectivity index (χ3n) is 6.55. The van der Waals surface area contributed by atoms with E-state index in [1.807, 2.05) is 13.8 Å². The number of esters is 1. The number of ether oxygens (including phenoxy) is 1. The summed E-state index contributed by atoms with van der Waals surface area (Å²) in [4.78, 5) is 38.1. The van der Waals surface area contributed by atoms with E-state index < -0.39 is 57.1 Å². The summed E-state index contributed by atoms with van der Waals surface area (Å²) in [6, 6.07) is 11.6. The second-order valence-electron chi connectivity index (χ2n) is 9.42. The lowest BCUT2D eigenvalue weighted by atomic mass is 9.91. The van der Waals surface area contributed by atoms with Crippen LogP contribution in [0.3, 0.4) is 0 Å².